The van der Waals surface area contributed by atoms with E-state index in [1.807, 2.05) is 13.8 Å². The molecule has 0 rings (SSSR count). The van der Waals surface area contributed by atoms with Gasteiger partial charge in [0, 0.05) is 0 Å². The highest BCUT2D eigenvalue weighted by Gasteiger charge is 2.10. The number of hydrogen-bond donors (Lipinski definition) is 0. The van der Waals surface area contributed by atoms with Crippen LogP contribution in [-0.2, 0) is 0 Å². The van der Waals surface area contributed by atoms with Crippen molar-refractivity contribution < 1.29 is 4.39 Å². The Kier molecular flexibility index (Phi) is 5.53. The van der Waals surface area contributed by atoms with Gasteiger partial charge in [0.15, 0.2) is 0 Å². The fourth-order valence-corrected chi connectivity index (χ4v) is 1.05. The van der Waals surface area contributed by atoms with Gasteiger partial charge in [0.1, 0.15) is 6.17 Å². The molecule has 0 aliphatic carbocycles. The number of rotatable bonds is 5. The Morgan fingerprint density at radius 1 is 1.00 bits per heavy atom. The molecule has 0 aromatic carbocycles. The molecule has 68 valence electrons. The summed E-state index contributed by atoms with van der Waals surface area (Å²) in [6, 6.07) is 0. The number of halogens is 1. The second-order valence-corrected chi connectivity index (χ2v) is 4.08. The van der Waals surface area contributed by atoms with Crippen LogP contribution < -0.4 is 0 Å². The van der Waals surface area contributed by atoms with Crippen LogP contribution in [0.5, 0.6) is 0 Å². The van der Waals surface area contributed by atoms with Crippen molar-refractivity contribution in [3.05, 3.63) is 0 Å². The SMILES string of the molecule is CC(C)CCCC(F)C(C)C. The lowest BCUT2D eigenvalue weighted by molar-refractivity contribution is 0.231. The molecule has 0 fully saturated rings. The Morgan fingerprint density at radius 2 is 1.55 bits per heavy atom. The Bertz CT molecular complexity index is 86.9. The van der Waals surface area contributed by atoms with Crippen LogP contribution in [0.25, 0.3) is 0 Å². The standard InChI is InChI=1S/C10H21F/c1-8(2)6-5-7-10(11)9(3)4/h8-10H,5-7H2,1-4H3. The van der Waals surface area contributed by atoms with Crippen molar-refractivity contribution in [2.24, 2.45) is 11.8 Å². The van der Waals surface area contributed by atoms with Gasteiger partial charge in [0.25, 0.3) is 0 Å². The lowest BCUT2D eigenvalue weighted by atomic mass is 9.99. The highest BCUT2D eigenvalue weighted by molar-refractivity contribution is 4.60. The van der Waals surface area contributed by atoms with Gasteiger partial charge in [-0.3, -0.25) is 0 Å². The van der Waals surface area contributed by atoms with Crippen LogP contribution in [-0.4, -0.2) is 6.17 Å². The maximum atomic E-state index is 13.0. The first-order valence-electron chi connectivity index (χ1n) is 4.68. The highest BCUT2D eigenvalue weighted by atomic mass is 19.1. The number of alkyl halides is 1. The quantitative estimate of drug-likeness (QED) is 0.573. The smallest absolute Gasteiger partial charge is 0.102 e. The topological polar surface area (TPSA) is 0 Å². The minimum Gasteiger partial charge on any atom is -0.247 e. The monoisotopic (exact) mass is 160 g/mol. The van der Waals surface area contributed by atoms with Crippen LogP contribution in [0.15, 0.2) is 0 Å². The zero-order valence-corrected chi connectivity index (χ0v) is 8.23. The largest absolute Gasteiger partial charge is 0.247 e. The summed E-state index contributed by atoms with van der Waals surface area (Å²) in [5, 5.41) is 0. The van der Waals surface area contributed by atoms with Crippen molar-refractivity contribution in [2.45, 2.75) is 53.1 Å². The van der Waals surface area contributed by atoms with E-state index in [1.165, 1.54) is 0 Å². The van der Waals surface area contributed by atoms with E-state index in [-0.39, 0.29) is 5.92 Å². The third-order valence-corrected chi connectivity index (χ3v) is 1.98. The molecule has 0 nitrogen and oxygen atoms in total. The van der Waals surface area contributed by atoms with Gasteiger partial charge in [-0.25, -0.2) is 4.39 Å². The van der Waals surface area contributed by atoms with Crippen molar-refractivity contribution in [2.75, 3.05) is 0 Å². The fourth-order valence-electron chi connectivity index (χ4n) is 1.05. The Morgan fingerprint density at radius 3 is 1.91 bits per heavy atom. The van der Waals surface area contributed by atoms with Crippen molar-refractivity contribution in [3.63, 3.8) is 0 Å². The summed E-state index contributed by atoms with van der Waals surface area (Å²) in [5.41, 5.74) is 0. The molecule has 0 aliphatic heterocycles. The first kappa shape index (κ1) is 10.9. The van der Waals surface area contributed by atoms with Crippen LogP contribution in [0.4, 0.5) is 4.39 Å². The van der Waals surface area contributed by atoms with Gasteiger partial charge in [-0.15, -0.1) is 0 Å². The van der Waals surface area contributed by atoms with E-state index in [9.17, 15) is 4.39 Å². The average molecular weight is 160 g/mol. The molecule has 0 heterocycles. The van der Waals surface area contributed by atoms with Crippen LogP contribution in [0.1, 0.15) is 47.0 Å². The normalized spacial score (nSPS) is 14.5. The molecule has 0 aliphatic rings. The van der Waals surface area contributed by atoms with E-state index in [2.05, 4.69) is 13.8 Å². The summed E-state index contributed by atoms with van der Waals surface area (Å²) in [5.74, 6) is 0.913. The van der Waals surface area contributed by atoms with Crippen molar-refractivity contribution in [1.29, 1.82) is 0 Å². The first-order chi connectivity index (χ1) is 5.04. The van der Waals surface area contributed by atoms with Gasteiger partial charge < -0.3 is 0 Å². The maximum Gasteiger partial charge on any atom is 0.102 e. The van der Waals surface area contributed by atoms with E-state index in [1.54, 1.807) is 0 Å². The Hall–Kier alpha value is -0.0700. The third kappa shape index (κ3) is 6.33. The van der Waals surface area contributed by atoms with E-state index < -0.39 is 6.17 Å². The Balaban J connectivity index is 3.24. The van der Waals surface area contributed by atoms with Gasteiger partial charge in [-0.05, 0) is 18.3 Å². The van der Waals surface area contributed by atoms with Gasteiger partial charge >= 0.3 is 0 Å². The molecule has 0 bridgehead atoms. The zero-order chi connectivity index (χ0) is 8.85. The van der Waals surface area contributed by atoms with Gasteiger partial charge in [0.2, 0.25) is 0 Å². The summed E-state index contributed by atoms with van der Waals surface area (Å²) >= 11 is 0. The summed E-state index contributed by atoms with van der Waals surface area (Å²) in [6.07, 6.45) is 2.36. The second-order valence-electron chi connectivity index (χ2n) is 4.08. The predicted octanol–water partition coefficient (Wildman–Crippen LogP) is 3.81. The average Bonchev–Trinajstić information content (AvgIpc) is 1.86. The molecular formula is C10H21F. The van der Waals surface area contributed by atoms with Crippen LogP contribution in [0.2, 0.25) is 0 Å². The third-order valence-electron chi connectivity index (χ3n) is 1.98. The highest BCUT2D eigenvalue weighted by Crippen LogP contribution is 2.15. The molecule has 0 amide bonds. The van der Waals surface area contributed by atoms with E-state index in [4.69, 9.17) is 0 Å². The molecule has 0 aromatic heterocycles. The van der Waals surface area contributed by atoms with Gasteiger partial charge in [0.05, 0.1) is 0 Å². The van der Waals surface area contributed by atoms with Crippen LogP contribution >= 0.6 is 0 Å². The molecule has 1 heteroatoms. The molecular weight excluding hydrogens is 139 g/mol. The Labute approximate surface area is 70.2 Å². The molecule has 0 spiro atoms. The second kappa shape index (κ2) is 5.56. The molecule has 0 radical (unpaired) electrons. The molecule has 1 atom stereocenters. The number of hydrogen-bond acceptors (Lipinski definition) is 0. The molecule has 1 unspecified atom stereocenters. The predicted molar refractivity (Wildman–Crippen MR) is 48.4 cm³/mol. The summed E-state index contributed by atoms with van der Waals surface area (Å²) in [4.78, 5) is 0. The lowest BCUT2D eigenvalue weighted by Crippen LogP contribution is -2.08. The fraction of sp³-hybridized carbons (Fsp3) is 1.00. The maximum absolute atomic E-state index is 13.0. The van der Waals surface area contributed by atoms with Crippen molar-refractivity contribution in [3.8, 4) is 0 Å². The molecule has 0 aromatic rings. The summed E-state index contributed by atoms with van der Waals surface area (Å²) in [6.45, 7) is 8.26. The lowest BCUT2D eigenvalue weighted by Gasteiger charge is -2.11. The van der Waals surface area contributed by atoms with E-state index >= 15 is 0 Å². The van der Waals surface area contributed by atoms with Crippen LogP contribution in [0, 0.1) is 11.8 Å². The van der Waals surface area contributed by atoms with E-state index in [0.29, 0.717) is 0 Å². The molecule has 11 heavy (non-hydrogen) atoms. The first-order valence-corrected chi connectivity index (χ1v) is 4.68. The van der Waals surface area contributed by atoms with Gasteiger partial charge in [-0.1, -0.05) is 40.5 Å². The summed E-state index contributed by atoms with van der Waals surface area (Å²) in [7, 11) is 0. The van der Waals surface area contributed by atoms with E-state index in [0.717, 1.165) is 25.2 Å². The van der Waals surface area contributed by atoms with Crippen molar-refractivity contribution in [1.82, 2.24) is 0 Å². The summed E-state index contributed by atoms with van der Waals surface area (Å²) < 4.78 is 13.0. The molecule has 0 saturated heterocycles. The zero-order valence-electron chi connectivity index (χ0n) is 8.23. The minimum atomic E-state index is -0.589. The molecule has 0 saturated carbocycles. The van der Waals surface area contributed by atoms with Crippen LogP contribution in [0.3, 0.4) is 0 Å². The molecule has 0 N–H and O–H groups in total. The minimum absolute atomic E-state index is 0.196. The van der Waals surface area contributed by atoms with Crippen molar-refractivity contribution >= 4 is 0 Å². The van der Waals surface area contributed by atoms with Gasteiger partial charge in [-0.2, -0.15) is 0 Å².